The van der Waals surface area contributed by atoms with Crippen molar-refractivity contribution in [3.8, 4) is 11.3 Å². The van der Waals surface area contributed by atoms with Crippen LogP contribution >= 0.6 is 11.3 Å². The number of aromatic amines is 1. The molecule has 1 aliphatic heterocycles. The van der Waals surface area contributed by atoms with Crippen LogP contribution in [0.1, 0.15) is 22.4 Å². The Morgan fingerprint density at radius 2 is 2.29 bits per heavy atom. The van der Waals surface area contributed by atoms with E-state index in [0.717, 1.165) is 35.9 Å². The molecule has 3 rings (SSSR count). The maximum absolute atomic E-state index is 12.6. The number of hydrogen-bond donors (Lipinski definition) is 1. The zero-order chi connectivity index (χ0) is 15.0. The molecule has 2 aromatic heterocycles. The molecule has 112 valence electrons. The summed E-state index contributed by atoms with van der Waals surface area (Å²) in [4.78, 5) is 24.4. The van der Waals surface area contributed by atoms with Crippen molar-refractivity contribution < 1.29 is 4.79 Å². The molecule has 5 nitrogen and oxygen atoms in total. The van der Waals surface area contributed by atoms with E-state index in [1.165, 1.54) is 0 Å². The predicted molar refractivity (Wildman–Crippen MR) is 84.6 cm³/mol. The van der Waals surface area contributed by atoms with Crippen LogP contribution in [0.4, 0.5) is 0 Å². The number of aryl methyl sites for hydroxylation is 1. The van der Waals surface area contributed by atoms with E-state index in [0.29, 0.717) is 5.69 Å². The third kappa shape index (κ3) is 2.87. The van der Waals surface area contributed by atoms with Crippen LogP contribution in [0.15, 0.2) is 17.6 Å². The molecule has 0 saturated carbocycles. The van der Waals surface area contributed by atoms with Gasteiger partial charge in [-0.15, -0.1) is 11.3 Å². The summed E-state index contributed by atoms with van der Waals surface area (Å²) in [6, 6.07) is 2.14. The van der Waals surface area contributed by atoms with Crippen LogP contribution in [0.2, 0.25) is 0 Å². The highest BCUT2D eigenvalue weighted by Crippen LogP contribution is 2.23. The SMILES string of the molecule is Cc1nc(-c2c[nH]c(C(=O)N3CCN(C)C[C@H]3C)c2)cs1. The number of carbonyl (C=O) groups excluding carboxylic acids is 1. The number of H-pyrrole nitrogens is 1. The van der Waals surface area contributed by atoms with E-state index in [4.69, 9.17) is 0 Å². The summed E-state index contributed by atoms with van der Waals surface area (Å²) in [5.74, 6) is 0.0776. The average molecular weight is 304 g/mol. The number of piperazine rings is 1. The van der Waals surface area contributed by atoms with E-state index in [1.807, 2.05) is 29.5 Å². The maximum Gasteiger partial charge on any atom is 0.270 e. The first kappa shape index (κ1) is 14.3. The van der Waals surface area contributed by atoms with Gasteiger partial charge in [0.05, 0.1) is 10.7 Å². The van der Waals surface area contributed by atoms with Gasteiger partial charge in [0, 0.05) is 42.8 Å². The second-order valence-corrected chi connectivity index (χ2v) is 6.73. The second kappa shape index (κ2) is 5.61. The first-order valence-electron chi connectivity index (χ1n) is 7.15. The highest BCUT2D eigenvalue weighted by Gasteiger charge is 2.27. The van der Waals surface area contributed by atoms with Crippen molar-refractivity contribution >= 4 is 17.2 Å². The van der Waals surface area contributed by atoms with Crippen LogP contribution in [0.3, 0.4) is 0 Å². The van der Waals surface area contributed by atoms with Gasteiger partial charge in [-0.3, -0.25) is 4.79 Å². The fourth-order valence-corrected chi connectivity index (χ4v) is 3.38. The van der Waals surface area contributed by atoms with Gasteiger partial charge in [0.25, 0.3) is 5.91 Å². The normalized spacial score (nSPS) is 20.0. The molecule has 2 aromatic rings. The number of carbonyl (C=O) groups is 1. The van der Waals surface area contributed by atoms with Crippen molar-refractivity contribution in [2.24, 2.45) is 0 Å². The lowest BCUT2D eigenvalue weighted by molar-refractivity contribution is 0.0528. The van der Waals surface area contributed by atoms with E-state index in [9.17, 15) is 4.79 Å². The summed E-state index contributed by atoms with van der Waals surface area (Å²) in [6.07, 6.45) is 1.86. The third-order valence-electron chi connectivity index (χ3n) is 3.92. The molecule has 1 amide bonds. The van der Waals surface area contributed by atoms with Gasteiger partial charge in [-0.25, -0.2) is 4.98 Å². The molecule has 0 radical (unpaired) electrons. The van der Waals surface area contributed by atoms with E-state index in [2.05, 4.69) is 28.8 Å². The average Bonchev–Trinajstić information content (AvgIpc) is 3.06. The van der Waals surface area contributed by atoms with Crippen LogP contribution in [0.25, 0.3) is 11.3 Å². The Bertz CT molecular complexity index is 648. The molecule has 21 heavy (non-hydrogen) atoms. The van der Waals surface area contributed by atoms with E-state index in [1.54, 1.807) is 11.3 Å². The van der Waals surface area contributed by atoms with Gasteiger partial charge in [-0.05, 0) is 27.0 Å². The number of thiazole rings is 1. The van der Waals surface area contributed by atoms with Crippen LogP contribution in [0, 0.1) is 6.92 Å². The van der Waals surface area contributed by atoms with Gasteiger partial charge in [0.2, 0.25) is 0 Å². The number of nitrogens with one attached hydrogen (secondary N) is 1. The number of likely N-dealkylation sites (N-methyl/N-ethyl adjacent to an activating group) is 1. The predicted octanol–water partition coefficient (Wildman–Crippen LogP) is 2.22. The van der Waals surface area contributed by atoms with Gasteiger partial charge >= 0.3 is 0 Å². The molecule has 3 heterocycles. The molecule has 0 spiro atoms. The molecule has 1 saturated heterocycles. The third-order valence-corrected chi connectivity index (χ3v) is 4.69. The topological polar surface area (TPSA) is 52.2 Å². The van der Waals surface area contributed by atoms with Crippen molar-refractivity contribution in [1.82, 2.24) is 19.8 Å². The lowest BCUT2D eigenvalue weighted by Gasteiger charge is -2.38. The molecule has 1 fully saturated rings. The molecule has 1 N–H and O–H groups in total. The highest BCUT2D eigenvalue weighted by molar-refractivity contribution is 7.09. The van der Waals surface area contributed by atoms with Gasteiger partial charge in [-0.1, -0.05) is 0 Å². The Balaban J connectivity index is 1.78. The Hall–Kier alpha value is -1.66. The number of hydrogen-bond acceptors (Lipinski definition) is 4. The van der Waals surface area contributed by atoms with Crippen LogP contribution in [0.5, 0.6) is 0 Å². The number of rotatable bonds is 2. The van der Waals surface area contributed by atoms with E-state index >= 15 is 0 Å². The zero-order valence-electron chi connectivity index (χ0n) is 12.6. The molecule has 6 heteroatoms. The summed E-state index contributed by atoms with van der Waals surface area (Å²) >= 11 is 1.62. The number of amides is 1. The Labute approximate surface area is 128 Å². The fourth-order valence-electron chi connectivity index (χ4n) is 2.76. The highest BCUT2D eigenvalue weighted by atomic mass is 32.1. The molecular formula is C15H20N4OS. The second-order valence-electron chi connectivity index (χ2n) is 5.66. The Kier molecular flexibility index (Phi) is 3.82. The molecule has 1 aliphatic rings. The summed E-state index contributed by atoms with van der Waals surface area (Å²) in [7, 11) is 2.09. The lowest BCUT2D eigenvalue weighted by Crippen LogP contribution is -2.52. The molecule has 0 unspecified atom stereocenters. The molecular weight excluding hydrogens is 284 g/mol. The van der Waals surface area contributed by atoms with Gasteiger partial charge in [0.15, 0.2) is 0 Å². The first-order chi connectivity index (χ1) is 10.0. The Morgan fingerprint density at radius 1 is 1.48 bits per heavy atom. The van der Waals surface area contributed by atoms with Crippen LogP contribution in [-0.2, 0) is 0 Å². The van der Waals surface area contributed by atoms with Gasteiger partial charge in [0.1, 0.15) is 5.69 Å². The van der Waals surface area contributed by atoms with Crippen molar-refractivity contribution in [1.29, 1.82) is 0 Å². The smallest absolute Gasteiger partial charge is 0.270 e. The maximum atomic E-state index is 12.6. The molecule has 0 aliphatic carbocycles. The van der Waals surface area contributed by atoms with E-state index in [-0.39, 0.29) is 11.9 Å². The fraction of sp³-hybridized carbons (Fsp3) is 0.467. The van der Waals surface area contributed by atoms with Crippen molar-refractivity contribution in [2.45, 2.75) is 19.9 Å². The van der Waals surface area contributed by atoms with Crippen LogP contribution in [-0.4, -0.2) is 58.4 Å². The van der Waals surface area contributed by atoms with Crippen molar-refractivity contribution in [3.05, 3.63) is 28.3 Å². The minimum atomic E-state index is 0.0776. The summed E-state index contributed by atoms with van der Waals surface area (Å²) in [5.41, 5.74) is 2.55. The molecule has 1 atom stereocenters. The standard InChI is InChI=1S/C15H20N4OS/c1-10-8-18(3)4-5-19(10)15(20)13-6-12(7-16-13)14-9-21-11(2)17-14/h6-7,9-10,16H,4-5,8H2,1-3H3/t10-/m1/s1. The zero-order valence-corrected chi connectivity index (χ0v) is 13.4. The van der Waals surface area contributed by atoms with Gasteiger partial charge < -0.3 is 14.8 Å². The minimum absolute atomic E-state index is 0.0776. The summed E-state index contributed by atoms with van der Waals surface area (Å²) in [6.45, 7) is 6.71. The first-order valence-corrected chi connectivity index (χ1v) is 8.03. The monoisotopic (exact) mass is 304 g/mol. The summed E-state index contributed by atoms with van der Waals surface area (Å²) in [5, 5.41) is 3.05. The van der Waals surface area contributed by atoms with Crippen LogP contribution < -0.4 is 0 Å². The van der Waals surface area contributed by atoms with Crippen molar-refractivity contribution in [2.75, 3.05) is 26.7 Å². The lowest BCUT2D eigenvalue weighted by atomic mass is 10.1. The Morgan fingerprint density at radius 3 is 2.95 bits per heavy atom. The van der Waals surface area contributed by atoms with E-state index < -0.39 is 0 Å². The molecule has 0 bridgehead atoms. The van der Waals surface area contributed by atoms with Crippen molar-refractivity contribution in [3.63, 3.8) is 0 Å². The number of nitrogens with zero attached hydrogens (tertiary/aromatic N) is 3. The number of aromatic nitrogens is 2. The quantitative estimate of drug-likeness (QED) is 0.925. The largest absolute Gasteiger partial charge is 0.357 e. The molecule has 0 aromatic carbocycles. The van der Waals surface area contributed by atoms with Gasteiger partial charge in [-0.2, -0.15) is 0 Å². The summed E-state index contributed by atoms with van der Waals surface area (Å²) < 4.78 is 0. The minimum Gasteiger partial charge on any atom is -0.357 e.